The molecule has 45 heavy (non-hydrogen) atoms. The van der Waals surface area contributed by atoms with Crippen LogP contribution in [-0.2, 0) is 46.9 Å². The second kappa shape index (κ2) is 16.7. The number of hydrogen-bond acceptors (Lipinski definition) is 10. The first kappa shape index (κ1) is 39.6. The molecule has 0 fully saturated rings. The molecule has 2 aliphatic heterocycles. The van der Waals surface area contributed by atoms with Gasteiger partial charge in [-0.25, -0.2) is 16.8 Å². The standard InChI is InChI=1S/C29H46Br2O10P2S2/c1-5-38-42(32,39-6-2)19-15-11-9-13-17-29(18-14-10-12-16-20-43(33,40-7-3)41-8-4)23-21-25(30)44(34,35)27(23)28-24(29)22-26(31)45(28,36)37/h21-22H,5-20H2,1-4H3. The van der Waals surface area contributed by atoms with Gasteiger partial charge in [0, 0.05) is 5.41 Å². The molecule has 0 amide bonds. The van der Waals surface area contributed by atoms with E-state index in [1.807, 2.05) is 0 Å². The van der Waals surface area contributed by atoms with Crippen LogP contribution < -0.4 is 0 Å². The van der Waals surface area contributed by atoms with Crippen LogP contribution in [-0.4, -0.2) is 55.6 Å². The largest absolute Gasteiger partial charge is 0.330 e. The molecule has 0 saturated heterocycles. The summed E-state index contributed by atoms with van der Waals surface area (Å²) >= 11 is 6.39. The highest BCUT2D eigenvalue weighted by Crippen LogP contribution is 2.64. The molecule has 0 aromatic heterocycles. The van der Waals surface area contributed by atoms with E-state index in [9.17, 15) is 26.0 Å². The van der Waals surface area contributed by atoms with E-state index in [4.69, 9.17) is 18.1 Å². The van der Waals surface area contributed by atoms with Crippen molar-refractivity contribution < 1.29 is 44.1 Å². The van der Waals surface area contributed by atoms with Crippen LogP contribution in [0.5, 0.6) is 0 Å². The summed E-state index contributed by atoms with van der Waals surface area (Å²) in [7, 11) is -14.3. The van der Waals surface area contributed by atoms with Gasteiger partial charge in [0.25, 0.3) is 0 Å². The minimum absolute atomic E-state index is 0.0284. The van der Waals surface area contributed by atoms with Crippen LogP contribution in [0, 0.1) is 5.41 Å². The van der Waals surface area contributed by atoms with E-state index in [-0.39, 0.29) is 17.4 Å². The lowest BCUT2D eigenvalue weighted by atomic mass is 9.69. The SMILES string of the molecule is CCOP(=O)(CCCCCCC1(CCCCCCP(=O)(OCC)OCC)C2=C(C3=C1C=C(Br)S3(=O)=O)S(=O)(=O)C(Br)=C2)OCC. The monoisotopic (exact) mass is 838 g/mol. The van der Waals surface area contributed by atoms with Crippen molar-refractivity contribution in [1.82, 2.24) is 0 Å². The lowest BCUT2D eigenvalue weighted by Gasteiger charge is -2.33. The predicted octanol–water partition coefficient (Wildman–Crippen LogP) is 9.26. The fourth-order valence-electron chi connectivity index (χ4n) is 6.30. The van der Waals surface area contributed by atoms with Crippen molar-refractivity contribution in [3.8, 4) is 0 Å². The third-order valence-corrected chi connectivity index (χ3v) is 18.8. The Kier molecular flexibility index (Phi) is 14.7. The number of allylic oxidation sites excluding steroid dienone is 4. The Morgan fingerprint density at radius 1 is 0.578 bits per heavy atom. The number of sulfone groups is 2. The van der Waals surface area contributed by atoms with E-state index < -0.39 is 40.3 Å². The Bertz CT molecular complexity index is 1400. The molecule has 258 valence electrons. The highest BCUT2D eigenvalue weighted by Gasteiger charge is 2.57. The fraction of sp³-hybridized carbons (Fsp3) is 0.724. The van der Waals surface area contributed by atoms with Crippen LogP contribution in [0.25, 0.3) is 0 Å². The molecule has 0 unspecified atom stereocenters. The first-order valence-electron chi connectivity index (χ1n) is 15.7. The Morgan fingerprint density at radius 2 is 0.889 bits per heavy atom. The summed E-state index contributed by atoms with van der Waals surface area (Å²) in [5.74, 6) is 0. The van der Waals surface area contributed by atoms with Gasteiger partial charge in [-0.2, -0.15) is 0 Å². The van der Waals surface area contributed by atoms with Crippen molar-refractivity contribution in [1.29, 1.82) is 0 Å². The van der Waals surface area contributed by atoms with Crippen LogP contribution in [0.1, 0.15) is 91.9 Å². The van der Waals surface area contributed by atoms with Gasteiger partial charge in [-0.3, -0.25) is 9.13 Å². The number of hydrogen-bond donors (Lipinski definition) is 0. The van der Waals surface area contributed by atoms with Crippen molar-refractivity contribution in [2.75, 3.05) is 38.8 Å². The molecule has 3 aliphatic rings. The smallest absolute Gasteiger partial charge is 0.309 e. The predicted molar refractivity (Wildman–Crippen MR) is 186 cm³/mol. The maximum absolute atomic E-state index is 13.4. The van der Waals surface area contributed by atoms with Gasteiger partial charge in [0.2, 0.25) is 19.7 Å². The lowest BCUT2D eigenvalue weighted by Crippen LogP contribution is -2.23. The van der Waals surface area contributed by atoms with E-state index in [2.05, 4.69) is 31.9 Å². The minimum atomic E-state index is -4.01. The molecular weight excluding hydrogens is 794 g/mol. The number of rotatable bonds is 22. The summed E-state index contributed by atoms with van der Waals surface area (Å²) in [6.07, 6.45) is 10.8. The molecular formula is C29H46Br2O10P2S2. The van der Waals surface area contributed by atoms with E-state index >= 15 is 0 Å². The van der Waals surface area contributed by atoms with Crippen molar-refractivity contribution in [2.24, 2.45) is 5.41 Å². The molecule has 0 saturated carbocycles. The summed E-state index contributed by atoms with van der Waals surface area (Å²) < 4.78 is 101. The van der Waals surface area contributed by atoms with Gasteiger partial charge in [0.1, 0.15) is 7.63 Å². The average Bonchev–Trinajstić information content (AvgIpc) is 3.46. The van der Waals surface area contributed by atoms with Crippen molar-refractivity contribution >= 4 is 66.7 Å². The molecule has 2 heterocycles. The van der Waals surface area contributed by atoms with Gasteiger partial charge >= 0.3 is 15.2 Å². The number of unbranched alkanes of at least 4 members (excludes halogenated alkanes) is 6. The minimum Gasteiger partial charge on any atom is -0.309 e. The maximum atomic E-state index is 13.4. The van der Waals surface area contributed by atoms with Gasteiger partial charge in [-0.05, 0) is 109 Å². The summed E-state index contributed by atoms with van der Waals surface area (Å²) in [5.41, 5.74) is 0.274. The summed E-state index contributed by atoms with van der Waals surface area (Å²) in [6, 6.07) is 0. The molecule has 0 radical (unpaired) electrons. The van der Waals surface area contributed by atoms with E-state index in [1.165, 1.54) is 0 Å². The van der Waals surface area contributed by atoms with Gasteiger partial charge in [0.05, 0.1) is 48.6 Å². The van der Waals surface area contributed by atoms with Crippen LogP contribution in [0.15, 0.2) is 40.7 Å². The molecule has 3 rings (SSSR count). The molecule has 0 N–H and O–H groups in total. The lowest BCUT2D eigenvalue weighted by molar-refractivity contribution is 0.218. The summed E-state index contributed by atoms with van der Waals surface area (Å²) in [4.78, 5) is -0.224. The fourth-order valence-corrected chi connectivity index (χ4v) is 14.6. The van der Waals surface area contributed by atoms with Crippen LogP contribution in [0.3, 0.4) is 0 Å². The Morgan fingerprint density at radius 3 is 1.20 bits per heavy atom. The van der Waals surface area contributed by atoms with Crippen molar-refractivity contribution in [3.05, 3.63) is 40.7 Å². The van der Waals surface area contributed by atoms with Crippen molar-refractivity contribution in [2.45, 2.75) is 91.9 Å². The molecule has 0 bridgehead atoms. The van der Waals surface area contributed by atoms with Gasteiger partial charge in [0.15, 0.2) is 0 Å². The Labute approximate surface area is 286 Å². The summed E-state index contributed by atoms with van der Waals surface area (Å²) in [6.45, 7) is 8.37. The first-order chi connectivity index (χ1) is 21.2. The zero-order chi connectivity index (χ0) is 33.5. The first-order valence-corrected chi connectivity index (χ1v) is 23.7. The molecule has 0 aromatic rings. The van der Waals surface area contributed by atoms with Gasteiger partial charge in [-0.1, -0.05) is 38.5 Å². The van der Waals surface area contributed by atoms with Gasteiger partial charge < -0.3 is 18.1 Å². The van der Waals surface area contributed by atoms with Crippen LogP contribution in [0.2, 0.25) is 0 Å². The molecule has 0 spiro atoms. The quantitative estimate of drug-likeness (QED) is 0.0766. The summed E-state index contributed by atoms with van der Waals surface area (Å²) in [5, 5.41) is 0. The third kappa shape index (κ3) is 8.84. The molecule has 0 atom stereocenters. The second-order valence-corrected chi connectivity index (χ2v) is 22.0. The molecule has 1 aliphatic carbocycles. The van der Waals surface area contributed by atoms with Crippen LogP contribution >= 0.6 is 47.1 Å². The molecule has 16 heteroatoms. The molecule has 10 nitrogen and oxygen atoms in total. The normalized spacial score (nSPS) is 20.0. The average molecular weight is 841 g/mol. The van der Waals surface area contributed by atoms with E-state index in [0.29, 0.717) is 88.4 Å². The van der Waals surface area contributed by atoms with Gasteiger partial charge in [-0.15, -0.1) is 0 Å². The number of fused-ring (bicyclic) bond motifs is 1. The zero-order valence-corrected chi connectivity index (χ0v) is 33.1. The maximum Gasteiger partial charge on any atom is 0.330 e. The van der Waals surface area contributed by atoms with E-state index in [1.54, 1.807) is 39.8 Å². The highest BCUT2D eigenvalue weighted by atomic mass is 79.9. The third-order valence-electron chi connectivity index (χ3n) is 8.17. The van der Waals surface area contributed by atoms with Crippen LogP contribution in [0.4, 0.5) is 0 Å². The Balaban J connectivity index is 1.79. The second-order valence-electron chi connectivity index (χ2n) is 11.1. The number of halogens is 2. The van der Waals surface area contributed by atoms with Crippen molar-refractivity contribution in [3.63, 3.8) is 0 Å². The van der Waals surface area contributed by atoms with E-state index in [0.717, 1.165) is 25.7 Å². The highest BCUT2D eigenvalue weighted by molar-refractivity contribution is 9.14. The topological polar surface area (TPSA) is 139 Å². The zero-order valence-electron chi connectivity index (χ0n) is 26.5. The Hall–Kier alpha value is 0.120. The molecule has 0 aromatic carbocycles.